The highest BCUT2D eigenvalue weighted by molar-refractivity contribution is 7.15. The molecule has 0 saturated heterocycles. The number of carbonyl (C=O) groups excluding carboxylic acids is 1. The van der Waals surface area contributed by atoms with Crippen LogP contribution >= 0.6 is 22.9 Å². The molecule has 8 nitrogen and oxygen atoms in total. The first-order valence-corrected chi connectivity index (χ1v) is 8.88. The van der Waals surface area contributed by atoms with E-state index < -0.39 is 11.9 Å². The molecule has 0 unspecified atom stereocenters. The quantitative estimate of drug-likeness (QED) is 0.544. The molecule has 0 aliphatic carbocycles. The number of halogens is 1. The van der Waals surface area contributed by atoms with Crippen LogP contribution in [0.5, 0.6) is 0 Å². The zero-order valence-corrected chi connectivity index (χ0v) is 15.0. The highest BCUT2D eigenvalue weighted by Crippen LogP contribution is 2.36. The van der Waals surface area contributed by atoms with Crippen molar-refractivity contribution in [1.29, 1.82) is 0 Å². The summed E-state index contributed by atoms with van der Waals surface area (Å²) >= 11 is 6.99. The van der Waals surface area contributed by atoms with Crippen molar-refractivity contribution in [3.05, 3.63) is 64.5 Å². The van der Waals surface area contributed by atoms with Gasteiger partial charge in [0.15, 0.2) is 0 Å². The summed E-state index contributed by atoms with van der Waals surface area (Å²) in [6, 6.07) is 8.44. The van der Waals surface area contributed by atoms with Gasteiger partial charge in [-0.05, 0) is 23.8 Å². The van der Waals surface area contributed by atoms with E-state index in [9.17, 15) is 14.7 Å². The van der Waals surface area contributed by atoms with Crippen LogP contribution in [0.15, 0.2) is 48.1 Å². The summed E-state index contributed by atoms with van der Waals surface area (Å²) in [6.07, 6.45) is 3.14. The maximum atomic E-state index is 12.5. The van der Waals surface area contributed by atoms with E-state index in [-0.39, 0.29) is 22.2 Å². The number of aromatic nitrogens is 4. The topological polar surface area (TPSA) is 109 Å². The Bertz CT molecular complexity index is 1140. The fourth-order valence-corrected chi connectivity index (χ4v) is 3.57. The second-order valence-electron chi connectivity index (χ2n) is 5.42. The average Bonchev–Trinajstić information content (AvgIpc) is 3.26. The first kappa shape index (κ1) is 17.1. The minimum atomic E-state index is -1.15. The van der Waals surface area contributed by atoms with Gasteiger partial charge in [0.25, 0.3) is 11.7 Å². The van der Waals surface area contributed by atoms with Crippen LogP contribution in [-0.2, 0) is 0 Å². The summed E-state index contributed by atoms with van der Waals surface area (Å²) in [5.41, 5.74) is 1.17. The minimum absolute atomic E-state index is 0.00226. The Kier molecular flexibility index (Phi) is 4.30. The molecule has 0 aliphatic rings. The number of thiophene rings is 1. The zero-order chi connectivity index (χ0) is 19.0. The third kappa shape index (κ3) is 3.25. The van der Waals surface area contributed by atoms with Crippen molar-refractivity contribution in [2.24, 2.45) is 0 Å². The van der Waals surface area contributed by atoms with E-state index in [1.54, 1.807) is 41.9 Å². The molecule has 0 saturated carbocycles. The van der Waals surface area contributed by atoms with Crippen LogP contribution in [0.1, 0.15) is 21.0 Å². The summed E-state index contributed by atoms with van der Waals surface area (Å²) in [7, 11) is 0. The van der Waals surface area contributed by atoms with Gasteiger partial charge in [0.05, 0.1) is 0 Å². The predicted octanol–water partition coefficient (Wildman–Crippen LogP) is 3.46. The number of rotatable bonds is 4. The van der Waals surface area contributed by atoms with Crippen LogP contribution in [-0.4, -0.2) is 36.6 Å². The second kappa shape index (κ2) is 6.78. The summed E-state index contributed by atoms with van der Waals surface area (Å²) in [5.74, 6) is -1.60. The van der Waals surface area contributed by atoms with Crippen molar-refractivity contribution in [3.8, 4) is 11.1 Å². The number of carboxylic acids is 1. The SMILES string of the molecule is O=C(Nc1scc(-c2ccc(Cl)cc2)c1C(=O)O)c1nc2ncccn2n1. The molecule has 134 valence electrons. The van der Waals surface area contributed by atoms with Gasteiger partial charge >= 0.3 is 5.97 Å². The number of anilines is 1. The molecule has 10 heteroatoms. The molecule has 0 aliphatic heterocycles. The molecule has 3 heterocycles. The zero-order valence-electron chi connectivity index (χ0n) is 13.5. The van der Waals surface area contributed by atoms with E-state index >= 15 is 0 Å². The van der Waals surface area contributed by atoms with Crippen LogP contribution in [0.2, 0.25) is 5.02 Å². The Balaban J connectivity index is 1.68. The molecule has 0 spiro atoms. The molecule has 0 fully saturated rings. The molecule has 0 radical (unpaired) electrons. The third-order valence-electron chi connectivity index (χ3n) is 3.71. The van der Waals surface area contributed by atoms with E-state index in [4.69, 9.17) is 11.6 Å². The molecule has 1 aromatic carbocycles. The van der Waals surface area contributed by atoms with Gasteiger partial charge < -0.3 is 10.4 Å². The highest BCUT2D eigenvalue weighted by atomic mass is 35.5. The summed E-state index contributed by atoms with van der Waals surface area (Å²) in [5, 5.41) is 18.7. The number of carbonyl (C=O) groups is 2. The van der Waals surface area contributed by atoms with E-state index in [2.05, 4.69) is 20.4 Å². The largest absolute Gasteiger partial charge is 0.478 e. The smallest absolute Gasteiger partial charge is 0.339 e. The van der Waals surface area contributed by atoms with E-state index in [0.29, 0.717) is 16.1 Å². The molecule has 27 heavy (non-hydrogen) atoms. The first-order chi connectivity index (χ1) is 13.0. The van der Waals surface area contributed by atoms with Crippen molar-refractivity contribution < 1.29 is 14.7 Å². The van der Waals surface area contributed by atoms with Gasteiger partial charge in [-0.15, -0.1) is 16.4 Å². The molecular weight excluding hydrogens is 390 g/mol. The molecular formula is C17H10ClN5O3S. The summed E-state index contributed by atoms with van der Waals surface area (Å²) in [6.45, 7) is 0. The van der Waals surface area contributed by atoms with Crippen molar-refractivity contribution in [1.82, 2.24) is 19.6 Å². The van der Waals surface area contributed by atoms with Crippen LogP contribution in [0.4, 0.5) is 5.00 Å². The lowest BCUT2D eigenvalue weighted by atomic mass is 10.0. The Morgan fingerprint density at radius 1 is 1.22 bits per heavy atom. The van der Waals surface area contributed by atoms with Crippen LogP contribution in [0.3, 0.4) is 0 Å². The fourth-order valence-electron chi connectivity index (χ4n) is 2.49. The Hall–Kier alpha value is -3.30. The van der Waals surface area contributed by atoms with E-state index in [1.165, 1.54) is 10.7 Å². The number of amides is 1. The molecule has 0 bridgehead atoms. The van der Waals surface area contributed by atoms with Gasteiger partial charge in [0.1, 0.15) is 10.6 Å². The van der Waals surface area contributed by atoms with Gasteiger partial charge in [-0.1, -0.05) is 23.7 Å². The number of benzene rings is 1. The fraction of sp³-hybridized carbons (Fsp3) is 0. The van der Waals surface area contributed by atoms with Crippen LogP contribution in [0.25, 0.3) is 16.9 Å². The minimum Gasteiger partial charge on any atom is -0.478 e. The van der Waals surface area contributed by atoms with E-state index in [1.807, 2.05) is 0 Å². The Labute approximate surface area is 161 Å². The van der Waals surface area contributed by atoms with Crippen molar-refractivity contribution >= 4 is 45.6 Å². The number of aromatic carboxylic acids is 1. The third-order valence-corrected chi connectivity index (χ3v) is 4.85. The van der Waals surface area contributed by atoms with Gasteiger partial charge in [0, 0.05) is 28.4 Å². The predicted molar refractivity (Wildman–Crippen MR) is 100 cm³/mol. The van der Waals surface area contributed by atoms with Crippen LogP contribution in [0, 0.1) is 0 Å². The lowest BCUT2D eigenvalue weighted by molar-refractivity contribution is 0.0699. The molecule has 1 amide bonds. The number of nitrogens with zero attached hydrogens (tertiary/aromatic N) is 4. The van der Waals surface area contributed by atoms with Crippen molar-refractivity contribution in [2.75, 3.05) is 5.32 Å². The van der Waals surface area contributed by atoms with Crippen LogP contribution < -0.4 is 5.32 Å². The van der Waals surface area contributed by atoms with Gasteiger partial charge in [0.2, 0.25) is 5.82 Å². The normalized spacial score (nSPS) is 10.9. The first-order valence-electron chi connectivity index (χ1n) is 7.62. The Morgan fingerprint density at radius 2 is 2.00 bits per heavy atom. The second-order valence-corrected chi connectivity index (χ2v) is 6.74. The number of hydrogen-bond donors (Lipinski definition) is 2. The van der Waals surface area contributed by atoms with Gasteiger partial charge in [-0.2, -0.15) is 4.98 Å². The molecule has 2 N–H and O–H groups in total. The van der Waals surface area contributed by atoms with Crippen molar-refractivity contribution in [2.45, 2.75) is 0 Å². The lowest BCUT2D eigenvalue weighted by Gasteiger charge is -2.04. The standard InChI is InChI=1S/C17H10ClN5O3S/c18-10-4-2-9(3-5-10)11-8-27-15(12(11)16(25)26)21-14(24)13-20-17-19-6-1-7-23(17)22-13/h1-8H,(H,21,24)(H,25,26). The van der Waals surface area contributed by atoms with Crippen molar-refractivity contribution in [3.63, 3.8) is 0 Å². The highest BCUT2D eigenvalue weighted by Gasteiger charge is 2.23. The lowest BCUT2D eigenvalue weighted by Crippen LogP contribution is -2.15. The van der Waals surface area contributed by atoms with Gasteiger partial charge in [-0.3, -0.25) is 4.79 Å². The Morgan fingerprint density at radius 3 is 2.70 bits per heavy atom. The van der Waals surface area contributed by atoms with E-state index in [0.717, 1.165) is 11.3 Å². The summed E-state index contributed by atoms with van der Waals surface area (Å²) in [4.78, 5) is 32.3. The number of fused-ring (bicyclic) bond motifs is 1. The number of carboxylic acid groups (broad SMARTS) is 1. The molecule has 0 atom stereocenters. The average molecular weight is 400 g/mol. The molecule has 4 rings (SSSR count). The monoisotopic (exact) mass is 399 g/mol. The molecule has 4 aromatic rings. The molecule has 3 aromatic heterocycles. The maximum Gasteiger partial charge on any atom is 0.339 e. The maximum absolute atomic E-state index is 12.5. The number of nitrogens with one attached hydrogen (secondary N) is 1. The summed E-state index contributed by atoms with van der Waals surface area (Å²) < 4.78 is 1.36. The van der Waals surface area contributed by atoms with Gasteiger partial charge in [-0.25, -0.2) is 14.3 Å². The number of hydrogen-bond acceptors (Lipinski definition) is 6.